The third-order valence-electron chi connectivity index (χ3n) is 3.28. The lowest BCUT2D eigenvalue weighted by atomic mass is 10.1. The first-order chi connectivity index (χ1) is 9.74. The molecule has 0 aromatic carbocycles. The monoisotopic (exact) mass is 280 g/mol. The van der Waals surface area contributed by atoms with Crippen LogP contribution in [0.3, 0.4) is 0 Å². The van der Waals surface area contributed by atoms with Gasteiger partial charge in [0.2, 0.25) is 5.91 Å². The number of nitrogens with one attached hydrogen (secondary N) is 1. The van der Waals surface area contributed by atoms with Crippen LogP contribution >= 0.6 is 0 Å². The summed E-state index contributed by atoms with van der Waals surface area (Å²) in [5.41, 5.74) is 0. The molecule has 0 spiro atoms. The quantitative estimate of drug-likeness (QED) is 0.778. The Kier molecular flexibility index (Phi) is 5.11. The fourth-order valence-corrected chi connectivity index (χ4v) is 2.25. The first kappa shape index (κ1) is 14.5. The van der Waals surface area contributed by atoms with Gasteiger partial charge in [-0.05, 0) is 0 Å². The fourth-order valence-electron chi connectivity index (χ4n) is 2.25. The lowest BCUT2D eigenvalue weighted by Gasteiger charge is -2.16. The zero-order valence-corrected chi connectivity index (χ0v) is 11.8. The molecule has 0 bridgehead atoms. The molecule has 0 saturated carbocycles. The van der Waals surface area contributed by atoms with Crippen LogP contribution in [0.4, 0.5) is 5.82 Å². The van der Waals surface area contributed by atoms with E-state index in [2.05, 4.69) is 15.3 Å². The first-order valence-electron chi connectivity index (χ1n) is 6.60. The molecule has 2 rings (SSSR count). The largest absolute Gasteiger partial charge is 0.478 e. The minimum absolute atomic E-state index is 0.181. The van der Waals surface area contributed by atoms with Crippen LogP contribution in [-0.2, 0) is 9.53 Å². The van der Waals surface area contributed by atoms with Crippen molar-refractivity contribution in [3.63, 3.8) is 0 Å². The molecule has 1 aliphatic rings. The van der Waals surface area contributed by atoms with Crippen LogP contribution in [0, 0.1) is 5.92 Å². The van der Waals surface area contributed by atoms with Gasteiger partial charge in [-0.15, -0.1) is 0 Å². The number of methoxy groups -OCH3 is 2. The third kappa shape index (κ3) is 3.57. The number of amides is 1. The number of likely N-dealkylation sites (tertiary alicyclic amines) is 1. The van der Waals surface area contributed by atoms with E-state index in [0.29, 0.717) is 37.8 Å². The lowest BCUT2D eigenvalue weighted by molar-refractivity contribution is -0.128. The van der Waals surface area contributed by atoms with Gasteiger partial charge in [0.05, 0.1) is 13.7 Å². The van der Waals surface area contributed by atoms with E-state index in [9.17, 15) is 4.79 Å². The van der Waals surface area contributed by atoms with Crippen molar-refractivity contribution in [3.05, 3.63) is 12.4 Å². The van der Waals surface area contributed by atoms with E-state index in [4.69, 9.17) is 9.47 Å². The second kappa shape index (κ2) is 7.04. The Bertz CT molecular complexity index is 455. The molecule has 1 saturated heterocycles. The maximum absolute atomic E-state index is 11.8. The molecule has 0 radical (unpaired) electrons. The van der Waals surface area contributed by atoms with Crippen molar-refractivity contribution in [3.8, 4) is 5.88 Å². The molecular formula is C13H20N4O3. The molecule has 7 heteroatoms. The molecule has 1 N–H and O–H groups in total. The number of rotatable bonds is 7. The van der Waals surface area contributed by atoms with Gasteiger partial charge in [-0.1, -0.05) is 0 Å². The van der Waals surface area contributed by atoms with Gasteiger partial charge in [0.25, 0.3) is 5.88 Å². The van der Waals surface area contributed by atoms with Crippen molar-refractivity contribution < 1.29 is 14.3 Å². The number of nitrogens with zero attached hydrogens (tertiary/aromatic N) is 3. The van der Waals surface area contributed by atoms with Crippen LogP contribution < -0.4 is 10.1 Å². The SMILES string of the molecule is COCCN1C[C@@H](CNc2nccnc2OC)CC1=O. The van der Waals surface area contributed by atoms with Crippen LogP contribution in [0.2, 0.25) is 0 Å². The van der Waals surface area contributed by atoms with Gasteiger partial charge >= 0.3 is 0 Å². The third-order valence-corrected chi connectivity index (χ3v) is 3.28. The van der Waals surface area contributed by atoms with E-state index in [1.54, 1.807) is 26.6 Å². The number of aromatic nitrogens is 2. The van der Waals surface area contributed by atoms with Crippen LogP contribution in [-0.4, -0.2) is 61.2 Å². The van der Waals surface area contributed by atoms with E-state index < -0.39 is 0 Å². The highest BCUT2D eigenvalue weighted by atomic mass is 16.5. The van der Waals surface area contributed by atoms with Crippen molar-refractivity contribution in [1.29, 1.82) is 0 Å². The molecule has 1 aromatic rings. The summed E-state index contributed by atoms with van der Waals surface area (Å²) in [5.74, 6) is 1.52. The maximum Gasteiger partial charge on any atom is 0.257 e. The normalized spacial score (nSPS) is 18.4. The Balaban J connectivity index is 1.84. The molecule has 1 aliphatic heterocycles. The van der Waals surface area contributed by atoms with Gasteiger partial charge in [0, 0.05) is 51.5 Å². The molecule has 1 amide bonds. The van der Waals surface area contributed by atoms with Crippen molar-refractivity contribution >= 4 is 11.7 Å². The average molecular weight is 280 g/mol. The fraction of sp³-hybridized carbons (Fsp3) is 0.615. The van der Waals surface area contributed by atoms with E-state index >= 15 is 0 Å². The Hall–Kier alpha value is -1.89. The second-order valence-corrected chi connectivity index (χ2v) is 4.70. The van der Waals surface area contributed by atoms with Crippen LogP contribution in [0.5, 0.6) is 5.88 Å². The zero-order chi connectivity index (χ0) is 14.4. The van der Waals surface area contributed by atoms with E-state index in [0.717, 1.165) is 6.54 Å². The summed E-state index contributed by atoms with van der Waals surface area (Å²) in [6.07, 6.45) is 3.74. The van der Waals surface area contributed by atoms with Crippen LogP contribution in [0.1, 0.15) is 6.42 Å². The van der Waals surface area contributed by atoms with E-state index in [-0.39, 0.29) is 11.8 Å². The first-order valence-corrected chi connectivity index (χ1v) is 6.60. The summed E-state index contributed by atoms with van der Waals surface area (Å²) < 4.78 is 10.1. The highest BCUT2D eigenvalue weighted by Gasteiger charge is 2.29. The van der Waals surface area contributed by atoms with Crippen molar-refractivity contribution in [2.24, 2.45) is 5.92 Å². The standard InChI is InChI=1S/C13H20N4O3/c1-19-6-5-17-9-10(7-11(17)18)8-16-12-13(20-2)15-4-3-14-12/h3-4,10H,5-9H2,1-2H3,(H,14,16)/t10-/m1/s1. The molecular weight excluding hydrogens is 260 g/mol. The number of hydrogen-bond donors (Lipinski definition) is 1. The summed E-state index contributed by atoms with van der Waals surface area (Å²) in [5, 5.41) is 3.19. The molecule has 2 heterocycles. The summed E-state index contributed by atoms with van der Waals surface area (Å²) >= 11 is 0. The highest BCUT2D eigenvalue weighted by molar-refractivity contribution is 5.78. The number of ether oxygens (including phenoxy) is 2. The van der Waals surface area contributed by atoms with Gasteiger partial charge in [-0.25, -0.2) is 9.97 Å². The molecule has 20 heavy (non-hydrogen) atoms. The van der Waals surface area contributed by atoms with Crippen molar-refractivity contribution in [1.82, 2.24) is 14.9 Å². The number of carbonyl (C=O) groups excluding carboxylic acids is 1. The molecule has 7 nitrogen and oxygen atoms in total. The minimum Gasteiger partial charge on any atom is -0.478 e. The van der Waals surface area contributed by atoms with Crippen LogP contribution in [0.15, 0.2) is 12.4 Å². The summed E-state index contributed by atoms with van der Waals surface area (Å²) in [4.78, 5) is 21.9. The maximum atomic E-state index is 11.8. The van der Waals surface area contributed by atoms with Crippen molar-refractivity contribution in [2.45, 2.75) is 6.42 Å². The second-order valence-electron chi connectivity index (χ2n) is 4.70. The van der Waals surface area contributed by atoms with Gasteiger partial charge < -0.3 is 19.7 Å². The Morgan fingerprint density at radius 2 is 2.20 bits per heavy atom. The highest BCUT2D eigenvalue weighted by Crippen LogP contribution is 2.21. The molecule has 1 atom stereocenters. The van der Waals surface area contributed by atoms with Crippen molar-refractivity contribution in [2.75, 3.05) is 45.8 Å². The van der Waals surface area contributed by atoms with E-state index in [1.165, 1.54) is 0 Å². The summed E-state index contributed by atoms with van der Waals surface area (Å²) in [6.45, 7) is 2.65. The lowest BCUT2D eigenvalue weighted by Crippen LogP contribution is -2.29. The molecule has 1 aromatic heterocycles. The molecule has 0 unspecified atom stereocenters. The average Bonchev–Trinajstić information content (AvgIpc) is 2.83. The number of anilines is 1. The minimum atomic E-state index is 0.181. The Morgan fingerprint density at radius 1 is 1.40 bits per heavy atom. The topological polar surface area (TPSA) is 76.6 Å². The smallest absolute Gasteiger partial charge is 0.257 e. The zero-order valence-electron chi connectivity index (χ0n) is 11.8. The molecule has 110 valence electrons. The number of carbonyl (C=O) groups is 1. The Labute approximate surface area is 118 Å². The Morgan fingerprint density at radius 3 is 2.95 bits per heavy atom. The molecule has 1 fully saturated rings. The van der Waals surface area contributed by atoms with Gasteiger partial charge in [-0.3, -0.25) is 4.79 Å². The predicted molar refractivity (Wildman–Crippen MR) is 73.6 cm³/mol. The summed E-state index contributed by atoms with van der Waals surface area (Å²) in [6, 6.07) is 0. The molecule has 0 aliphatic carbocycles. The predicted octanol–water partition coefficient (Wildman–Crippen LogP) is 0.392. The van der Waals surface area contributed by atoms with E-state index in [1.807, 2.05) is 4.90 Å². The van der Waals surface area contributed by atoms with Crippen LogP contribution in [0.25, 0.3) is 0 Å². The van der Waals surface area contributed by atoms with Gasteiger partial charge in [0.15, 0.2) is 5.82 Å². The summed E-state index contributed by atoms with van der Waals surface area (Å²) in [7, 11) is 3.20. The number of hydrogen-bond acceptors (Lipinski definition) is 6. The van der Waals surface area contributed by atoms with Gasteiger partial charge in [0.1, 0.15) is 0 Å². The van der Waals surface area contributed by atoms with Gasteiger partial charge in [-0.2, -0.15) is 0 Å².